The third-order valence-electron chi connectivity index (χ3n) is 4.56. The Morgan fingerprint density at radius 3 is 2.48 bits per heavy atom. The minimum absolute atomic E-state index is 0.0418. The molecule has 1 fully saturated rings. The monoisotopic (exact) mass is 309 g/mol. The molecule has 1 aliphatic heterocycles. The van der Waals surface area contributed by atoms with E-state index in [9.17, 15) is 4.79 Å². The third kappa shape index (κ3) is 3.45. The molecule has 0 radical (unpaired) electrons. The van der Waals surface area contributed by atoms with Gasteiger partial charge in [0.05, 0.1) is 13.2 Å². The molecule has 1 amide bonds. The Morgan fingerprint density at radius 1 is 1.04 bits per heavy atom. The van der Waals surface area contributed by atoms with Crippen LogP contribution in [-0.4, -0.2) is 30.5 Å². The second-order valence-electron chi connectivity index (χ2n) is 6.32. The van der Waals surface area contributed by atoms with Crippen LogP contribution in [0.2, 0.25) is 0 Å². The normalized spacial score (nSPS) is 18.0. The standard InChI is InChI=1S/C20H23NO2/c1-14-4-7-17(8-5-14)19-13-21(10-11-23-19)20(22)18-9-6-15(2)16(3)12-18/h4-9,12,19H,10-11,13H2,1-3H3. The average Bonchev–Trinajstić information content (AvgIpc) is 2.57. The molecular formula is C20H23NO2. The van der Waals surface area contributed by atoms with Crippen LogP contribution < -0.4 is 0 Å². The quantitative estimate of drug-likeness (QED) is 0.844. The predicted octanol–water partition coefficient (Wildman–Crippen LogP) is 3.83. The van der Waals surface area contributed by atoms with Crippen molar-refractivity contribution in [2.24, 2.45) is 0 Å². The number of amides is 1. The highest BCUT2D eigenvalue weighted by atomic mass is 16.5. The van der Waals surface area contributed by atoms with Crippen molar-refractivity contribution in [3.63, 3.8) is 0 Å². The van der Waals surface area contributed by atoms with Crippen molar-refractivity contribution < 1.29 is 9.53 Å². The Kier molecular flexibility index (Phi) is 4.49. The fraction of sp³-hybridized carbons (Fsp3) is 0.350. The summed E-state index contributed by atoms with van der Waals surface area (Å²) in [7, 11) is 0. The zero-order valence-electron chi connectivity index (χ0n) is 14.0. The van der Waals surface area contributed by atoms with Crippen molar-refractivity contribution in [2.45, 2.75) is 26.9 Å². The van der Waals surface area contributed by atoms with Crippen molar-refractivity contribution in [1.82, 2.24) is 4.90 Å². The van der Waals surface area contributed by atoms with E-state index in [-0.39, 0.29) is 12.0 Å². The molecule has 1 aliphatic rings. The Morgan fingerprint density at radius 2 is 1.78 bits per heavy atom. The van der Waals surface area contributed by atoms with Gasteiger partial charge in [-0.1, -0.05) is 35.9 Å². The van der Waals surface area contributed by atoms with Crippen LogP contribution in [-0.2, 0) is 4.74 Å². The second kappa shape index (κ2) is 6.55. The summed E-state index contributed by atoms with van der Waals surface area (Å²) < 4.78 is 5.87. The highest BCUT2D eigenvalue weighted by molar-refractivity contribution is 5.94. The van der Waals surface area contributed by atoms with Crippen LogP contribution in [0.15, 0.2) is 42.5 Å². The topological polar surface area (TPSA) is 29.5 Å². The third-order valence-corrected chi connectivity index (χ3v) is 4.56. The van der Waals surface area contributed by atoms with Crippen molar-refractivity contribution in [3.05, 3.63) is 70.3 Å². The summed E-state index contributed by atoms with van der Waals surface area (Å²) in [4.78, 5) is 14.7. The summed E-state index contributed by atoms with van der Waals surface area (Å²) in [5.41, 5.74) is 5.48. The number of carbonyl (C=O) groups is 1. The fourth-order valence-electron chi connectivity index (χ4n) is 2.87. The summed E-state index contributed by atoms with van der Waals surface area (Å²) >= 11 is 0. The van der Waals surface area contributed by atoms with E-state index in [1.807, 2.05) is 30.0 Å². The second-order valence-corrected chi connectivity index (χ2v) is 6.32. The van der Waals surface area contributed by atoms with E-state index in [1.54, 1.807) is 0 Å². The van der Waals surface area contributed by atoms with E-state index in [4.69, 9.17) is 4.74 Å². The number of ether oxygens (including phenoxy) is 1. The number of hydrogen-bond acceptors (Lipinski definition) is 2. The van der Waals surface area contributed by atoms with Crippen LogP contribution in [0.25, 0.3) is 0 Å². The molecule has 1 saturated heterocycles. The maximum atomic E-state index is 12.8. The van der Waals surface area contributed by atoms with Gasteiger partial charge in [0.25, 0.3) is 5.91 Å². The van der Waals surface area contributed by atoms with E-state index in [0.717, 1.165) is 16.7 Å². The molecule has 0 N–H and O–H groups in total. The molecule has 1 atom stereocenters. The molecule has 0 spiro atoms. The van der Waals surface area contributed by atoms with Gasteiger partial charge in [-0.15, -0.1) is 0 Å². The van der Waals surface area contributed by atoms with Gasteiger partial charge in [-0.05, 0) is 49.6 Å². The fourth-order valence-corrected chi connectivity index (χ4v) is 2.87. The van der Waals surface area contributed by atoms with Gasteiger partial charge in [0, 0.05) is 12.1 Å². The molecule has 0 aromatic heterocycles. The molecule has 3 heteroatoms. The van der Waals surface area contributed by atoms with Gasteiger partial charge in [0.15, 0.2) is 0 Å². The average molecular weight is 309 g/mol. The molecule has 3 rings (SSSR count). The number of carbonyl (C=O) groups excluding carboxylic acids is 1. The smallest absolute Gasteiger partial charge is 0.254 e. The first-order valence-electron chi connectivity index (χ1n) is 8.09. The van der Waals surface area contributed by atoms with Crippen molar-refractivity contribution in [3.8, 4) is 0 Å². The maximum Gasteiger partial charge on any atom is 0.254 e. The minimum Gasteiger partial charge on any atom is -0.370 e. The lowest BCUT2D eigenvalue weighted by Gasteiger charge is -2.33. The minimum atomic E-state index is -0.0418. The van der Waals surface area contributed by atoms with Gasteiger partial charge in [-0.3, -0.25) is 4.79 Å². The SMILES string of the molecule is Cc1ccc(C2CN(C(=O)c3ccc(C)c(C)c3)CCO2)cc1. The van der Waals surface area contributed by atoms with Crippen molar-refractivity contribution in [1.29, 1.82) is 0 Å². The number of nitrogens with zero attached hydrogens (tertiary/aromatic N) is 1. The zero-order chi connectivity index (χ0) is 16.4. The van der Waals surface area contributed by atoms with Gasteiger partial charge in [0.1, 0.15) is 6.10 Å². The Hall–Kier alpha value is -2.13. The maximum absolute atomic E-state index is 12.8. The van der Waals surface area contributed by atoms with E-state index < -0.39 is 0 Å². The first-order valence-corrected chi connectivity index (χ1v) is 8.09. The number of aryl methyl sites for hydroxylation is 3. The molecule has 2 aromatic rings. The van der Waals surface area contributed by atoms with E-state index >= 15 is 0 Å². The molecule has 1 heterocycles. The molecule has 3 nitrogen and oxygen atoms in total. The van der Waals surface area contributed by atoms with Crippen molar-refractivity contribution in [2.75, 3.05) is 19.7 Å². The Balaban J connectivity index is 1.76. The Bertz CT molecular complexity index is 706. The molecule has 0 bridgehead atoms. The van der Waals surface area contributed by atoms with Crippen LogP contribution in [0.4, 0.5) is 0 Å². The van der Waals surface area contributed by atoms with Crippen LogP contribution >= 0.6 is 0 Å². The highest BCUT2D eigenvalue weighted by Crippen LogP contribution is 2.24. The first kappa shape index (κ1) is 15.8. The lowest BCUT2D eigenvalue weighted by atomic mass is 10.0. The van der Waals surface area contributed by atoms with Gasteiger partial charge in [0.2, 0.25) is 0 Å². The lowest BCUT2D eigenvalue weighted by Crippen LogP contribution is -2.42. The molecule has 120 valence electrons. The van der Waals surface area contributed by atoms with Crippen molar-refractivity contribution >= 4 is 5.91 Å². The van der Waals surface area contributed by atoms with Gasteiger partial charge >= 0.3 is 0 Å². The first-order chi connectivity index (χ1) is 11.0. The number of benzene rings is 2. The van der Waals surface area contributed by atoms with Gasteiger partial charge < -0.3 is 9.64 Å². The number of rotatable bonds is 2. The van der Waals surface area contributed by atoms with Crippen LogP contribution in [0.3, 0.4) is 0 Å². The summed E-state index contributed by atoms with van der Waals surface area (Å²) in [6.45, 7) is 8.01. The van der Waals surface area contributed by atoms with E-state index in [0.29, 0.717) is 19.7 Å². The number of hydrogen-bond donors (Lipinski definition) is 0. The Labute approximate surface area is 137 Å². The molecule has 23 heavy (non-hydrogen) atoms. The van der Waals surface area contributed by atoms with E-state index in [2.05, 4.69) is 38.1 Å². The van der Waals surface area contributed by atoms with Crippen LogP contribution in [0, 0.1) is 20.8 Å². The molecular weight excluding hydrogens is 286 g/mol. The molecule has 0 aliphatic carbocycles. The van der Waals surface area contributed by atoms with Crippen LogP contribution in [0.1, 0.15) is 38.7 Å². The summed E-state index contributed by atoms with van der Waals surface area (Å²) in [6.07, 6.45) is -0.0418. The molecule has 2 aromatic carbocycles. The summed E-state index contributed by atoms with van der Waals surface area (Å²) in [5, 5.41) is 0. The summed E-state index contributed by atoms with van der Waals surface area (Å²) in [5.74, 6) is 0.0912. The summed E-state index contributed by atoms with van der Waals surface area (Å²) in [6, 6.07) is 14.3. The largest absolute Gasteiger partial charge is 0.370 e. The van der Waals surface area contributed by atoms with Crippen LogP contribution in [0.5, 0.6) is 0 Å². The van der Waals surface area contributed by atoms with Gasteiger partial charge in [-0.2, -0.15) is 0 Å². The highest BCUT2D eigenvalue weighted by Gasteiger charge is 2.26. The molecule has 0 saturated carbocycles. The van der Waals surface area contributed by atoms with Gasteiger partial charge in [-0.25, -0.2) is 0 Å². The predicted molar refractivity (Wildman–Crippen MR) is 91.7 cm³/mol. The zero-order valence-corrected chi connectivity index (χ0v) is 14.0. The number of morpholine rings is 1. The lowest BCUT2D eigenvalue weighted by molar-refractivity contribution is -0.0228. The molecule has 1 unspecified atom stereocenters. The van der Waals surface area contributed by atoms with E-state index in [1.165, 1.54) is 11.1 Å².